The fourth-order valence-corrected chi connectivity index (χ4v) is 4.53. The molecular formula is C24H28F3N3O2. The first kappa shape index (κ1) is 22.6. The molecule has 0 bridgehead atoms. The second-order valence-corrected chi connectivity index (χ2v) is 8.68. The van der Waals surface area contributed by atoms with E-state index in [2.05, 4.69) is 15.9 Å². The number of nitrogens with zero attached hydrogens (tertiary/aromatic N) is 2. The summed E-state index contributed by atoms with van der Waals surface area (Å²) in [5.41, 5.74) is 7.64. The summed E-state index contributed by atoms with van der Waals surface area (Å²) >= 11 is 0. The number of rotatable bonds is 5. The van der Waals surface area contributed by atoms with Crippen LogP contribution in [0.5, 0.6) is 5.75 Å². The third-order valence-electron chi connectivity index (χ3n) is 6.16. The zero-order valence-electron chi connectivity index (χ0n) is 17.9. The van der Waals surface area contributed by atoms with Crippen molar-refractivity contribution < 1.29 is 22.7 Å². The van der Waals surface area contributed by atoms with Crippen molar-refractivity contribution in [3.8, 4) is 5.75 Å². The summed E-state index contributed by atoms with van der Waals surface area (Å²) in [6.45, 7) is 4.46. The van der Waals surface area contributed by atoms with Gasteiger partial charge in [-0.2, -0.15) is 13.2 Å². The summed E-state index contributed by atoms with van der Waals surface area (Å²) in [6.07, 6.45) is -2.55. The lowest BCUT2D eigenvalue weighted by Gasteiger charge is -2.31. The molecule has 2 aromatic rings. The van der Waals surface area contributed by atoms with Gasteiger partial charge < -0.3 is 10.5 Å². The van der Waals surface area contributed by atoms with Crippen LogP contribution in [0.15, 0.2) is 42.5 Å². The van der Waals surface area contributed by atoms with Gasteiger partial charge in [-0.25, -0.2) is 0 Å². The van der Waals surface area contributed by atoms with E-state index in [0.29, 0.717) is 38.3 Å². The zero-order chi connectivity index (χ0) is 22.7. The second-order valence-electron chi connectivity index (χ2n) is 8.68. The van der Waals surface area contributed by atoms with Crippen LogP contribution in [0.3, 0.4) is 0 Å². The number of nitrogens with two attached hydrogens (primary N) is 1. The molecule has 1 atom stereocenters. The summed E-state index contributed by atoms with van der Waals surface area (Å²) in [5, 5.41) is 0. The summed E-state index contributed by atoms with van der Waals surface area (Å²) in [4.78, 5) is 15.9. The molecule has 0 aliphatic carbocycles. The highest BCUT2D eigenvalue weighted by Gasteiger charge is 2.30. The van der Waals surface area contributed by atoms with Crippen molar-refractivity contribution in [3.63, 3.8) is 0 Å². The maximum absolute atomic E-state index is 13.1. The number of benzene rings is 2. The third kappa shape index (κ3) is 5.61. The lowest BCUT2D eigenvalue weighted by Crippen LogP contribution is -2.40. The van der Waals surface area contributed by atoms with Crippen molar-refractivity contribution in [2.75, 3.05) is 26.2 Å². The minimum Gasteiger partial charge on any atom is -0.492 e. The number of piperidine rings is 1. The Kier molecular flexibility index (Phi) is 6.71. The summed E-state index contributed by atoms with van der Waals surface area (Å²) < 4.78 is 45.0. The van der Waals surface area contributed by atoms with Crippen LogP contribution in [0.25, 0.3) is 0 Å². The van der Waals surface area contributed by atoms with Crippen LogP contribution in [0, 0.1) is 5.92 Å². The predicted octanol–water partition coefficient (Wildman–Crippen LogP) is 3.80. The largest absolute Gasteiger partial charge is 0.492 e. The quantitative estimate of drug-likeness (QED) is 0.758. The Hall–Kier alpha value is -2.58. The van der Waals surface area contributed by atoms with Crippen LogP contribution < -0.4 is 10.5 Å². The molecule has 0 aromatic heterocycles. The standard InChI is InChI=1S/C24H28F3N3O2/c25-24(26,27)21-5-1-3-17(12-21)13-30-9-10-32-22-7-6-18(11-20(22)16-30)14-29-8-2-4-19(15-29)23(28)31/h1,3,5-7,11-12,19H,2,4,8-10,13-16H2,(H2,28,31). The van der Waals surface area contributed by atoms with Crippen molar-refractivity contribution in [2.24, 2.45) is 11.7 Å². The van der Waals surface area contributed by atoms with Gasteiger partial charge in [0.15, 0.2) is 0 Å². The average Bonchev–Trinajstić information content (AvgIpc) is 2.95. The molecule has 2 aromatic carbocycles. The first-order valence-corrected chi connectivity index (χ1v) is 10.9. The van der Waals surface area contributed by atoms with Crippen molar-refractivity contribution in [1.82, 2.24) is 9.80 Å². The Bertz CT molecular complexity index is 964. The van der Waals surface area contributed by atoms with E-state index in [0.717, 1.165) is 48.9 Å². The van der Waals surface area contributed by atoms with Gasteiger partial charge in [0.25, 0.3) is 0 Å². The minimum atomic E-state index is -4.35. The number of halogens is 3. The summed E-state index contributed by atoms with van der Waals surface area (Å²) in [7, 11) is 0. The number of hydrogen-bond acceptors (Lipinski definition) is 4. The van der Waals surface area contributed by atoms with Gasteiger partial charge in [0.2, 0.25) is 5.91 Å². The zero-order valence-corrected chi connectivity index (χ0v) is 17.9. The van der Waals surface area contributed by atoms with Crippen LogP contribution in [0.4, 0.5) is 13.2 Å². The number of ether oxygens (including phenoxy) is 1. The third-order valence-corrected chi connectivity index (χ3v) is 6.16. The maximum atomic E-state index is 13.1. The van der Waals surface area contributed by atoms with E-state index >= 15 is 0 Å². The Labute approximate surface area is 185 Å². The molecule has 0 saturated carbocycles. The molecule has 1 amide bonds. The van der Waals surface area contributed by atoms with Crippen LogP contribution in [-0.4, -0.2) is 41.9 Å². The van der Waals surface area contributed by atoms with Crippen molar-refractivity contribution >= 4 is 5.91 Å². The predicted molar refractivity (Wildman–Crippen MR) is 115 cm³/mol. The van der Waals surface area contributed by atoms with Crippen molar-refractivity contribution in [1.29, 1.82) is 0 Å². The lowest BCUT2D eigenvalue weighted by atomic mass is 9.97. The molecule has 2 heterocycles. The number of alkyl halides is 3. The number of carbonyl (C=O) groups is 1. The van der Waals surface area contributed by atoms with Crippen LogP contribution in [-0.2, 0) is 30.6 Å². The van der Waals surface area contributed by atoms with E-state index in [1.807, 2.05) is 12.1 Å². The molecule has 0 radical (unpaired) electrons. The maximum Gasteiger partial charge on any atom is 0.416 e. The fraction of sp³-hybridized carbons (Fsp3) is 0.458. The molecule has 2 N–H and O–H groups in total. The molecule has 2 aliphatic rings. The van der Waals surface area contributed by atoms with Gasteiger partial charge in [0, 0.05) is 38.3 Å². The topological polar surface area (TPSA) is 58.8 Å². The molecule has 5 nitrogen and oxygen atoms in total. The molecule has 8 heteroatoms. The highest BCUT2D eigenvalue weighted by molar-refractivity contribution is 5.76. The van der Waals surface area contributed by atoms with Gasteiger partial charge in [-0.15, -0.1) is 0 Å². The first-order chi connectivity index (χ1) is 15.3. The molecule has 32 heavy (non-hydrogen) atoms. The number of hydrogen-bond donors (Lipinski definition) is 1. The van der Waals surface area contributed by atoms with Gasteiger partial charge in [-0.1, -0.05) is 24.3 Å². The van der Waals surface area contributed by atoms with E-state index in [9.17, 15) is 18.0 Å². The van der Waals surface area contributed by atoms with Crippen molar-refractivity contribution in [3.05, 3.63) is 64.7 Å². The molecule has 2 aliphatic heterocycles. The smallest absolute Gasteiger partial charge is 0.416 e. The van der Waals surface area contributed by atoms with E-state index in [1.165, 1.54) is 12.1 Å². The van der Waals surface area contributed by atoms with Gasteiger partial charge >= 0.3 is 6.18 Å². The van der Waals surface area contributed by atoms with Crippen LogP contribution >= 0.6 is 0 Å². The Morgan fingerprint density at radius 1 is 1.06 bits per heavy atom. The molecule has 4 rings (SSSR count). The number of likely N-dealkylation sites (tertiary alicyclic amines) is 1. The van der Waals surface area contributed by atoms with E-state index in [1.54, 1.807) is 6.07 Å². The van der Waals surface area contributed by atoms with Gasteiger partial charge in [0.05, 0.1) is 11.5 Å². The number of amides is 1. The Morgan fingerprint density at radius 2 is 1.84 bits per heavy atom. The van der Waals surface area contributed by atoms with E-state index in [-0.39, 0.29) is 11.8 Å². The van der Waals surface area contributed by atoms with Crippen LogP contribution in [0.1, 0.15) is 35.1 Å². The van der Waals surface area contributed by atoms with Gasteiger partial charge in [-0.05, 0) is 48.7 Å². The molecule has 0 spiro atoms. The van der Waals surface area contributed by atoms with Crippen molar-refractivity contribution in [2.45, 2.75) is 38.7 Å². The summed E-state index contributed by atoms with van der Waals surface area (Å²) in [6, 6.07) is 11.6. The normalized spacial score (nSPS) is 20.3. The van der Waals surface area contributed by atoms with E-state index < -0.39 is 11.7 Å². The molecule has 1 unspecified atom stereocenters. The molecular weight excluding hydrogens is 419 g/mol. The lowest BCUT2D eigenvalue weighted by molar-refractivity contribution is -0.137. The van der Waals surface area contributed by atoms with Gasteiger partial charge in [-0.3, -0.25) is 14.6 Å². The molecule has 1 fully saturated rings. The van der Waals surface area contributed by atoms with Gasteiger partial charge in [0.1, 0.15) is 12.4 Å². The van der Waals surface area contributed by atoms with E-state index in [4.69, 9.17) is 10.5 Å². The molecule has 172 valence electrons. The molecule has 1 saturated heterocycles. The highest BCUT2D eigenvalue weighted by Crippen LogP contribution is 2.31. The SMILES string of the molecule is NC(=O)C1CCCN(Cc2ccc3c(c2)CN(Cc2cccc(C(F)(F)F)c2)CCO3)C1. The number of fused-ring (bicyclic) bond motifs is 1. The highest BCUT2D eigenvalue weighted by atomic mass is 19.4. The Balaban J connectivity index is 1.45. The summed E-state index contributed by atoms with van der Waals surface area (Å²) in [5.74, 6) is 0.472. The van der Waals surface area contributed by atoms with Crippen LogP contribution in [0.2, 0.25) is 0 Å². The first-order valence-electron chi connectivity index (χ1n) is 10.9. The average molecular weight is 448 g/mol. The second kappa shape index (κ2) is 9.50. The number of carbonyl (C=O) groups excluding carboxylic acids is 1. The number of primary amides is 1. The Morgan fingerprint density at radius 3 is 2.62 bits per heavy atom. The minimum absolute atomic E-state index is 0.101. The fourth-order valence-electron chi connectivity index (χ4n) is 4.53. The monoisotopic (exact) mass is 447 g/mol.